The predicted molar refractivity (Wildman–Crippen MR) is 117 cm³/mol. The minimum absolute atomic E-state index is 0.120. The Labute approximate surface area is 177 Å². The van der Waals surface area contributed by atoms with Gasteiger partial charge in [-0.05, 0) is 36.2 Å². The number of hydrogen-bond acceptors (Lipinski definition) is 6. The first kappa shape index (κ1) is 21.8. The summed E-state index contributed by atoms with van der Waals surface area (Å²) in [6, 6.07) is 12.9. The summed E-state index contributed by atoms with van der Waals surface area (Å²) in [6.45, 7) is 0.754. The number of rotatable bonds is 9. The number of benzene rings is 2. The first-order valence-electron chi connectivity index (χ1n) is 9.64. The maximum absolute atomic E-state index is 12.2. The van der Waals surface area contributed by atoms with Crippen LogP contribution in [0.25, 0.3) is 0 Å². The molecule has 2 aromatic rings. The largest absolute Gasteiger partial charge is 0.454 e. The minimum atomic E-state index is -3.50. The summed E-state index contributed by atoms with van der Waals surface area (Å²) < 4.78 is 36.4. The molecule has 1 N–H and O–H groups in total. The van der Waals surface area contributed by atoms with Gasteiger partial charge in [0.15, 0.2) is 11.5 Å². The van der Waals surface area contributed by atoms with E-state index in [1.165, 1.54) is 4.31 Å². The fourth-order valence-electron chi connectivity index (χ4n) is 3.11. The highest BCUT2D eigenvalue weighted by Crippen LogP contribution is 2.36. The van der Waals surface area contributed by atoms with E-state index in [0.717, 1.165) is 17.5 Å². The van der Waals surface area contributed by atoms with Gasteiger partial charge in [-0.3, -0.25) is 9.10 Å². The molecule has 1 amide bonds. The Balaban J connectivity index is 1.52. The van der Waals surface area contributed by atoms with Gasteiger partial charge < -0.3 is 19.7 Å². The highest BCUT2D eigenvalue weighted by Gasteiger charge is 2.21. The Morgan fingerprint density at radius 3 is 2.37 bits per heavy atom. The maximum atomic E-state index is 12.2. The van der Waals surface area contributed by atoms with Crippen molar-refractivity contribution in [2.45, 2.75) is 19.4 Å². The molecule has 0 bridgehead atoms. The van der Waals surface area contributed by atoms with Crippen LogP contribution in [0.1, 0.15) is 18.4 Å². The lowest BCUT2D eigenvalue weighted by atomic mass is 10.2. The molecule has 0 unspecified atom stereocenters. The van der Waals surface area contributed by atoms with Crippen molar-refractivity contribution in [2.75, 3.05) is 42.9 Å². The van der Waals surface area contributed by atoms with Gasteiger partial charge in [-0.15, -0.1) is 0 Å². The van der Waals surface area contributed by atoms with Crippen molar-refractivity contribution in [3.63, 3.8) is 0 Å². The molecule has 162 valence electrons. The van der Waals surface area contributed by atoms with E-state index in [9.17, 15) is 13.2 Å². The molecule has 0 aliphatic carbocycles. The van der Waals surface area contributed by atoms with Gasteiger partial charge in [0.1, 0.15) is 0 Å². The van der Waals surface area contributed by atoms with Gasteiger partial charge in [-0.1, -0.05) is 12.1 Å². The molecule has 1 heterocycles. The van der Waals surface area contributed by atoms with Crippen LogP contribution in [0, 0.1) is 0 Å². The lowest BCUT2D eigenvalue weighted by Gasteiger charge is -2.22. The van der Waals surface area contributed by atoms with E-state index in [4.69, 9.17) is 9.47 Å². The van der Waals surface area contributed by atoms with Crippen molar-refractivity contribution < 1.29 is 22.7 Å². The van der Waals surface area contributed by atoms with Gasteiger partial charge >= 0.3 is 0 Å². The number of fused-ring (bicyclic) bond motifs is 1. The summed E-state index contributed by atoms with van der Waals surface area (Å²) in [4.78, 5) is 14.2. The van der Waals surface area contributed by atoms with Crippen molar-refractivity contribution in [2.24, 2.45) is 0 Å². The van der Waals surface area contributed by atoms with Crippen molar-refractivity contribution in [3.8, 4) is 11.5 Å². The number of nitrogens with one attached hydrogen (secondary N) is 1. The van der Waals surface area contributed by atoms with E-state index in [1.54, 1.807) is 18.2 Å². The fourth-order valence-corrected chi connectivity index (χ4v) is 4.07. The summed E-state index contributed by atoms with van der Waals surface area (Å²) in [5, 5.41) is 2.88. The number of sulfonamides is 1. The second kappa shape index (κ2) is 9.25. The average Bonchev–Trinajstić information content (AvgIpc) is 3.16. The molecule has 0 saturated heterocycles. The normalized spacial score (nSPS) is 12.5. The Morgan fingerprint density at radius 1 is 1.03 bits per heavy atom. The second-order valence-corrected chi connectivity index (χ2v) is 9.22. The van der Waals surface area contributed by atoms with Crippen LogP contribution in [0.5, 0.6) is 11.5 Å². The van der Waals surface area contributed by atoms with Gasteiger partial charge in [0.05, 0.1) is 11.9 Å². The van der Waals surface area contributed by atoms with Gasteiger partial charge in [-0.25, -0.2) is 8.42 Å². The van der Waals surface area contributed by atoms with Crippen molar-refractivity contribution in [1.29, 1.82) is 0 Å². The maximum Gasteiger partial charge on any atom is 0.232 e. The molecular formula is C21H27N3O5S. The van der Waals surface area contributed by atoms with Crippen molar-refractivity contribution in [3.05, 3.63) is 48.0 Å². The van der Waals surface area contributed by atoms with Crippen LogP contribution in [-0.4, -0.2) is 48.0 Å². The molecule has 0 spiro atoms. The molecule has 0 aromatic heterocycles. The van der Waals surface area contributed by atoms with Crippen LogP contribution >= 0.6 is 0 Å². The quantitative estimate of drug-likeness (QED) is 0.653. The van der Waals surface area contributed by atoms with Crippen LogP contribution in [0.3, 0.4) is 0 Å². The SMILES string of the molecule is CN(C)c1ccc(CNC(=O)CCCN(c2ccc3c(c2)OCO3)S(C)(=O)=O)cc1. The number of amides is 1. The molecule has 3 rings (SSSR count). The summed E-state index contributed by atoms with van der Waals surface area (Å²) >= 11 is 0. The topological polar surface area (TPSA) is 88.2 Å². The molecule has 0 radical (unpaired) electrons. The minimum Gasteiger partial charge on any atom is -0.454 e. The summed E-state index contributed by atoms with van der Waals surface area (Å²) in [5.41, 5.74) is 2.59. The molecule has 2 aromatic carbocycles. The third-order valence-electron chi connectivity index (χ3n) is 4.75. The molecule has 1 aliphatic rings. The number of carbonyl (C=O) groups excluding carboxylic acids is 1. The number of ether oxygens (including phenoxy) is 2. The second-order valence-electron chi connectivity index (χ2n) is 7.31. The lowest BCUT2D eigenvalue weighted by molar-refractivity contribution is -0.121. The third kappa shape index (κ3) is 5.56. The molecule has 0 fully saturated rings. The summed E-state index contributed by atoms with van der Waals surface area (Å²) in [5.74, 6) is 0.982. The first-order valence-corrected chi connectivity index (χ1v) is 11.5. The van der Waals surface area contributed by atoms with Crippen LogP contribution in [0.2, 0.25) is 0 Å². The molecule has 9 heteroatoms. The van der Waals surface area contributed by atoms with Crippen LogP contribution in [-0.2, 0) is 21.4 Å². The Kier molecular flexibility index (Phi) is 6.71. The molecule has 30 heavy (non-hydrogen) atoms. The number of carbonyl (C=O) groups is 1. The Morgan fingerprint density at radius 2 is 1.70 bits per heavy atom. The zero-order chi connectivity index (χ0) is 21.7. The highest BCUT2D eigenvalue weighted by molar-refractivity contribution is 7.92. The monoisotopic (exact) mass is 433 g/mol. The smallest absolute Gasteiger partial charge is 0.232 e. The van der Waals surface area contributed by atoms with Gasteiger partial charge in [0.2, 0.25) is 22.7 Å². The molecule has 1 aliphatic heterocycles. The van der Waals surface area contributed by atoms with E-state index in [2.05, 4.69) is 5.32 Å². The molecule has 0 saturated carbocycles. The standard InChI is InChI=1S/C21H27N3O5S/c1-23(2)17-8-6-16(7-9-17)14-22-21(25)5-4-12-24(30(3,26)27)18-10-11-19-20(13-18)29-15-28-19/h6-11,13H,4-5,12,14-15H2,1-3H3,(H,22,25). The average molecular weight is 434 g/mol. The van der Waals surface area contributed by atoms with Gasteiger partial charge in [0.25, 0.3) is 0 Å². The van der Waals surface area contributed by atoms with E-state index in [-0.39, 0.29) is 25.7 Å². The van der Waals surface area contributed by atoms with E-state index in [1.807, 2.05) is 43.3 Å². The van der Waals surface area contributed by atoms with Gasteiger partial charge in [0, 0.05) is 45.4 Å². The first-order chi connectivity index (χ1) is 14.2. The fraction of sp³-hybridized carbons (Fsp3) is 0.381. The highest BCUT2D eigenvalue weighted by atomic mass is 32.2. The van der Waals surface area contributed by atoms with Crippen molar-refractivity contribution in [1.82, 2.24) is 5.32 Å². The lowest BCUT2D eigenvalue weighted by Crippen LogP contribution is -2.32. The molecule has 8 nitrogen and oxygen atoms in total. The van der Waals surface area contributed by atoms with Crippen molar-refractivity contribution >= 4 is 27.3 Å². The molecule has 0 atom stereocenters. The zero-order valence-electron chi connectivity index (χ0n) is 17.4. The van der Waals surface area contributed by atoms with Crippen LogP contribution in [0.4, 0.5) is 11.4 Å². The summed E-state index contributed by atoms with van der Waals surface area (Å²) in [7, 11) is 0.446. The number of nitrogens with zero attached hydrogens (tertiary/aromatic N) is 2. The van der Waals surface area contributed by atoms with E-state index < -0.39 is 10.0 Å². The summed E-state index contributed by atoms with van der Waals surface area (Å²) in [6.07, 6.45) is 1.77. The zero-order valence-corrected chi connectivity index (χ0v) is 18.2. The van der Waals surface area contributed by atoms with Gasteiger partial charge in [-0.2, -0.15) is 0 Å². The Bertz CT molecular complexity index is 990. The van der Waals surface area contributed by atoms with E-state index in [0.29, 0.717) is 30.2 Å². The number of hydrogen-bond donors (Lipinski definition) is 1. The van der Waals surface area contributed by atoms with Crippen LogP contribution in [0.15, 0.2) is 42.5 Å². The number of anilines is 2. The Hall–Kier alpha value is -2.94. The van der Waals surface area contributed by atoms with E-state index >= 15 is 0 Å². The molecular weight excluding hydrogens is 406 g/mol. The van der Waals surface area contributed by atoms with Crippen LogP contribution < -0.4 is 24.0 Å². The predicted octanol–water partition coefficient (Wildman–Crippen LogP) is 2.34. The third-order valence-corrected chi connectivity index (χ3v) is 5.95.